The molecule has 0 spiro atoms. The Balaban J connectivity index is 1.69. The highest BCUT2D eigenvalue weighted by atomic mass is 32.2. The van der Waals surface area contributed by atoms with Crippen molar-refractivity contribution in [2.24, 2.45) is 0 Å². The van der Waals surface area contributed by atoms with E-state index in [4.69, 9.17) is 0 Å². The van der Waals surface area contributed by atoms with Crippen molar-refractivity contribution < 1.29 is 18.3 Å². The number of anilines is 2. The first-order valence-electron chi connectivity index (χ1n) is 9.80. The van der Waals surface area contributed by atoms with Gasteiger partial charge in [-0.15, -0.1) is 0 Å². The highest BCUT2D eigenvalue weighted by Gasteiger charge is 2.28. The quantitative estimate of drug-likeness (QED) is 0.337. The Hall–Kier alpha value is -3.25. The molecule has 11 nitrogen and oxygen atoms in total. The van der Waals surface area contributed by atoms with Gasteiger partial charge in [0.15, 0.2) is 0 Å². The Morgan fingerprint density at radius 3 is 2.03 bits per heavy atom. The summed E-state index contributed by atoms with van der Waals surface area (Å²) in [6.45, 7) is 1.31. The molecule has 2 aromatic carbocycles. The van der Waals surface area contributed by atoms with Gasteiger partial charge in [-0.3, -0.25) is 20.2 Å². The lowest BCUT2D eigenvalue weighted by atomic mass is 10.2. The molecule has 2 aromatic rings. The summed E-state index contributed by atoms with van der Waals surface area (Å²) in [5, 5.41) is 28.4. The van der Waals surface area contributed by atoms with Crippen molar-refractivity contribution >= 4 is 32.8 Å². The molecular weight excluding hydrogens is 426 g/mol. The van der Waals surface area contributed by atoms with Crippen LogP contribution in [-0.2, 0) is 10.0 Å². The van der Waals surface area contributed by atoms with Gasteiger partial charge in [-0.05, 0) is 31.0 Å². The molecule has 1 aliphatic heterocycles. The van der Waals surface area contributed by atoms with Crippen LogP contribution < -0.4 is 10.6 Å². The molecule has 0 radical (unpaired) electrons. The van der Waals surface area contributed by atoms with Crippen LogP contribution in [0.2, 0.25) is 0 Å². The number of piperidine rings is 1. The maximum Gasteiger partial charge on any atom is 0.293 e. The first-order chi connectivity index (χ1) is 14.8. The smallest absolute Gasteiger partial charge is 0.293 e. The van der Waals surface area contributed by atoms with E-state index in [0.29, 0.717) is 18.8 Å². The van der Waals surface area contributed by atoms with Gasteiger partial charge >= 0.3 is 0 Å². The van der Waals surface area contributed by atoms with Gasteiger partial charge in [0.2, 0.25) is 10.0 Å². The Kier molecular flexibility index (Phi) is 7.02. The Morgan fingerprint density at radius 2 is 1.42 bits per heavy atom. The number of sulfonamides is 1. The first-order valence-corrected chi connectivity index (χ1v) is 11.2. The van der Waals surface area contributed by atoms with Gasteiger partial charge in [0.1, 0.15) is 11.4 Å². The highest BCUT2D eigenvalue weighted by molar-refractivity contribution is 7.89. The fraction of sp³-hybridized carbons (Fsp3) is 0.368. The number of nitrogens with zero attached hydrogens (tertiary/aromatic N) is 3. The number of nitro groups is 2. The lowest BCUT2D eigenvalue weighted by molar-refractivity contribution is -0.384. The number of benzene rings is 2. The Labute approximate surface area is 179 Å². The van der Waals surface area contributed by atoms with Crippen LogP contribution in [-0.4, -0.2) is 48.7 Å². The number of nitrogens with one attached hydrogen (secondary N) is 2. The molecule has 1 heterocycles. The molecule has 0 unspecified atom stereocenters. The Bertz CT molecular complexity index is 1070. The second kappa shape index (κ2) is 9.71. The molecule has 3 rings (SSSR count). The van der Waals surface area contributed by atoms with Crippen molar-refractivity contribution in [3.8, 4) is 0 Å². The zero-order chi connectivity index (χ0) is 22.4. The van der Waals surface area contributed by atoms with Crippen molar-refractivity contribution in [3.05, 3.63) is 62.7 Å². The van der Waals surface area contributed by atoms with Crippen LogP contribution >= 0.6 is 0 Å². The fourth-order valence-electron chi connectivity index (χ4n) is 3.40. The summed E-state index contributed by atoms with van der Waals surface area (Å²) in [4.78, 5) is 21.3. The molecule has 0 atom stereocenters. The number of nitro benzene ring substituents is 2. The summed E-state index contributed by atoms with van der Waals surface area (Å²) in [5.41, 5.74) is 0.100. The van der Waals surface area contributed by atoms with Crippen molar-refractivity contribution in [3.63, 3.8) is 0 Å². The van der Waals surface area contributed by atoms with E-state index >= 15 is 0 Å². The molecule has 1 fully saturated rings. The van der Waals surface area contributed by atoms with Crippen LogP contribution in [0.25, 0.3) is 0 Å². The number of hydrogen-bond donors (Lipinski definition) is 2. The fourth-order valence-corrected chi connectivity index (χ4v) is 4.94. The zero-order valence-electron chi connectivity index (χ0n) is 16.7. The van der Waals surface area contributed by atoms with Crippen LogP contribution in [0, 0.1) is 20.2 Å². The van der Waals surface area contributed by atoms with Gasteiger partial charge in [-0.25, -0.2) is 8.42 Å². The molecule has 0 bridgehead atoms. The zero-order valence-corrected chi connectivity index (χ0v) is 17.5. The second-order valence-corrected chi connectivity index (χ2v) is 8.97. The molecule has 1 saturated heterocycles. The SMILES string of the molecule is O=[N+]([O-])c1ccccc1NCCNc1ccc(S(=O)(=O)N2CCCCC2)cc1[N+](=O)[O-]. The van der Waals surface area contributed by atoms with Crippen LogP contribution in [0.5, 0.6) is 0 Å². The molecule has 0 amide bonds. The summed E-state index contributed by atoms with van der Waals surface area (Å²) in [7, 11) is -3.78. The van der Waals surface area contributed by atoms with Gasteiger partial charge in [0, 0.05) is 38.3 Å². The standard InChI is InChI=1S/C19H23N5O6S/c25-23(26)18-7-3-2-6-16(18)20-10-11-21-17-9-8-15(14-19(17)24(27)28)31(29,30)22-12-4-1-5-13-22/h2-3,6-9,14,20-21H,1,4-5,10-13H2. The van der Waals surface area contributed by atoms with E-state index in [-0.39, 0.29) is 35.0 Å². The molecule has 0 aromatic heterocycles. The molecule has 31 heavy (non-hydrogen) atoms. The largest absolute Gasteiger partial charge is 0.378 e. The van der Waals surface area contributed by atoms with Crippen molar-refractivity contribution in [2.75, 3.05) is 36.8 Å². The van der Waals surface area contributed by atoms with E-state index in [1.54, 1.807) is 18.2 Å². The van der Waals surface area contributed by atoms with Crippen molar-refractivity contribution in [1.29, 1.82) is 0 Å². The molecule has 0 saturated carbocycles. The van der Waals surface area contributed by atoms with E-state index in [2.05, 4.69) is 10.6 Å². The average Bonchev–Trinajstić information content (AvgIpc) is 2.77. The second-order valence-electron chi connectivity index (χ2n) is 7.03. The molecule has 2 N–H and O–H groups in total. The van der Waals surface area contributed by atoms with Gasteiger partial charge in [0.05, 0.1) is 14.7 Å². The predicted molar refractivity (Wildman–Crippen MR) is 116 cm³/mol. The third kappa shape index (κ3) is 5.27. The molecule has 0 aliphatic carbocycles. The summed E-state index contributed by atoms with van der Waals surface area (Å²) in [6.07, 6.45) is 2.51. The van der Waals surface area contributed by atoms with Crippen LogP contribution in [0.4, 0.5) is 22.7 Å². The topological polar surface area (TPSA) is 148 Å². The van der Waals surface area contributed by atoms with Crippen LogP contribution in [0.3, 0.4) is 0 Å². The van der Waals surface area contributed by atoms with Gasteiger partial charge in [-0.2, -0.15) is 4.31 Å². The Morgan fingerprint density at radius 1 is 0.839 bits per heavy atom. The van der Waals surface area contributed by atoms with E-state index in [9.17, 15) is 28.6 Å². The first kappa shape index (κ1) is 22.4. The van der Waals surface area contributed by atoms with Crippen molar-refractivity contribution in [2.45, 2.75) is 24.2 Å². The minimum atomic E-state index is -3.78. The molecule has 1 aliphatic rings. The average molecular weight is 449 g/mol. The third-order valence-electron chi connectivity index (χ3n) is 4.98. The van der Waals surface area contributed by atoms with E-state index in [0.717, 1.165) is 25.3 Å². The maximum absolute atomic E-state index is 12.8. The maximum atomic E-state index is 12.8. The lowest BCUT2D eigenvalue weighted by Crippen LogP contribution is -2.35. The van der Waals surface area contributed by atoms with Crippen molar-refractivity contribution in [1.82, 2.24) is 4.31 Å². The van der Waals surface area contributed by atoms with E-state index in [1.807, 2.05) is 0 Å². The minimum absolute atomic E-state index is 0.0687. The third-order valence-corrected chi connectivity index (χ3v) is 6.87. The van der Waals surface area contributed by atoms with Crippen LogP contribution in [0.1, 0.15) is 19.3 Å². The van der Waals surface area contributed by atoms with E-state index in [1.165, 1.54) is 22.5 Å². The monoisotopic (exact) mass is 449 g/mol. The number of para-hydroxylation sites is 2. The summed E-state index contributed by atoms with van der Waals surface area (Å²) in [5.74, 6) is 0. The molecule has 12 heteroatoms. The number of hydrogen-bond acceptors (Lipinski definition) is 8. The summed E-state index contributed by atoms with van der Waals surface area (Å²) in [6, 6.07) is 9.97. The minimum Gasteiger partial charge on any atom is -0.378 e. The summed E-state index contributed by atoms with van der Waals surface area (Å²) < 4.78 is 27.0. The normalized spacial score (nSPS) is 14.7. The van der Waals surface area contributed by atoms with Gasteiger partial charge in [0.25, 0.3) is 11.4 Å². The lowest BCUT2D eigenvalue weighted by Gasteiger charge is -2.25. The van der Waals surface area contributed by atoms with Gasteiger partial charge in [-0.1, -0.05) is 18.6 Å². The van der Waals surface area contributed by atoms with Gasteiger partial charge < -0.3 is 10.6 Å². The molecule has 166 valence electrons. The van der Waals surface area contributed by atoms with Crippen LogP contribution in [0.15, 0.2) is 47.4 Å². The highest BCUT2D eigenvalue weighted by Crippen LogP contribution is 2.30. The van der Waals surface area contributed by atoms with E-state index < -0.39 is 19.9 Å². The number of rotatable bonds is 9. The molecular formula is C19H23N5O6S. The summed E-state index contributed by atoms with van der Waals surface area (Å²) >= 11 is 0. The predicted octanol–water partition coefficient (Wildman–Crippen LogP) is 3.20.